The number of anilines is 1. The Hall–Kier alpha value is -3.18. The number of amides is 1. The summed E-state index contributed by atoms with van der Waals surface area (Å²) in [6.07, 6.45) is 3.67. The third-order valence-electron chi connectivity index (χ3n) is 5.56. The van der Waals surface area contributed by atoms with Gasteiger partial charge in [-0.2, -0.15) is 0 Å². The summed E-state index contributed by atoms with van der Waals surface area (Å²) in [5.74, 6) is 0.00340. The molecule has 3 aromatic rings. The normalized spacial score (nSPS) is 16.6. The Bertz CT molecular complexity index is 1030. The number of aryl methyl sites for hydroxylation is 1. The fourth-order valence-electron chi connectivity index (χ4n) is 3.84. The van der Waals surface area contributed by atoms with Gasteiger partial charge in [-0.25, -0.2) is 0 Å². The van der Waals surface area contributed by atoms with E-state index >= 15 is 0 Å². The number of benzene rings is 2. The molecule has 1 aliphatic rings. The number of rotatable bonds is 5. The first kappa shape index (κ1) is 20.1. The van der Waals surface area contributed by atoms with Crippen molar-refractivity contribution in [1.29, 1.82) is 0 Å². The van der Waals surface area contributed by atoms with E-state index in [1.807, 2.05) is 31.3 Å². The average molecular weight is 402 g/mol. The fourth-order valence-corrected chi connectivity index (χ4v) is 3.84. The molecule has 154 valence electrons. The van der Waals surface area contributed by atoms with Gasteiger partial charge in [-0.05, 0) is 41.8 Å². The Kier molecular flexibility index (Phi) is 5.81. The molecule has 4 rings (SSSR count). The zero-order chi connectivity index (χ0) is 21.1. The summed E-state index contributed by atoms with van der Waals surface area (Å²) in [4.78, 5) is 21.2. The second kappa shape index (κ2) is 8.67. The number of carbonyl (C=O) groups is 1. The van der Waals surface area contributed by atoms with Crippen LogP contribution in [0, 0.1) is 6.92 Å². The molecule has 2 aromatic carbocycles. The second-order valence-electron chi connectivity index (χ2n) is 7.95. The molecule has 0 saturated carbocycles. The van der Waals surface area contributed by atoms with Crippen LogP contribution in [0.1, 0.15) is 22.7 Å². The molecule has 1 atom stereocenters. The van der Waals surface area contributed by atoms with Crippen molar-refractivity contribution in [1.82, 2.24) is 9.88 Å². The summed E-state index contributed by atoms with van der Waals surface area (Å²) in [6.45, 7) is 3.20. The number of pyridine rings is 1. The Morgan fingerprint density at radius 1 is 1.13 bits per heavy atom. The van der Waals surface area contributed by atoms with Crippen molar-refractivity contribution in [2.45, 2.75) is 19.5 Å². The lowest BCUT2D eigenvalue weighted by atomic mass is 9.95. The predicted molar refractivity (Wildman–Crippen MR) is 119 cm³/mol. The first-order valence-electron chi connectivity index (χ1n) is 10.2. The van der Waals surface area contributed by atoms with Gasteiger partial charge in [0, 0.05) is 44.3 Å². The van der Waals surface area contributed by atoms with E-state index in [0.717, 1.165) is 27.9 Å². The van der Waals surface area contributed by atoms with E-state index in [0.29, 0.717) is 13.2 Å². The Balaban J connectivity index is 1.72. The standard InChI is InChI=1S/C25H27N3O2/c1-18-7-9-19(10-8-18)15-28-24(16-30-17-25(28)29)23-14-26-12-11-22(23)20-5-4-6-21(13-20)27(2)3/h4-14,24H,15-17H2,1-3H3. The van der Waals surface area contributed by atoms with Crippen LogP contribution in [0.2, 0.25) is 0 Å². The van der Waals surface area contributed by atoms with Gasteiger partial charge in [0.05, 0.1) is 12.6 Å². The van der Waals surface area contributed by atoms with Gasteiger partial charge in [-0.3, -0.25) is 9.78 Å². The number of nitrogens with zero attached hydrogens (tertiary/aromatic N) is 3. The van der Waals surface area contributed by atoms with Gasteiger partial charge in [0.2, 0.25) is 5.91 Å². The Morgan fingerprint density at radius 2 is 1.93 bits per heavy atom. The van der Waals surface area contributed by atoms with Crippen LogP contribution in [-0.4, -0.2) is 43.1 Å². The Morgan fingerprint density at radius 3 is 2.70 bits per heavy atom. The van der Waals surface area contributed by atoms with Gasteiger partial charge in [0.25, 0.3) is 0 Å². The smallest absolute Gasteiger partial charge is 0.249 e. The monoisotopic (exact) mass is 401 g/mol. The highest BCUT2D eigenvalue weighted by molar-refractivity contribution is 5.80. The van der Waals surface area contributed by atoms with Crippen molar-refractivity contribution in [3.05, 3.63) is 83.7 Å². The van der Waals surface area contributed by atoms with Crippen molar-refractivity contribution < 1.29 is 9.53 Å². The lowest BCUT2D eigenvalue weighted by Crippen LogP contribution is -2.43. The molecule has 0 spiro atoms. The van der Waals surface area contributed by atoms with Gasteiger partial charge < -0.3 is 14.5 Å². The topological polar surface area (TPSA) is 45.7 Å². The fraction of sp³-hybridized carbons (Fsp3) is 0.280. The van der Waals surface area contributed by atoms with E-state index in [1.165, 1.54) is 5.56 Å². The molecule has 1 aromatic heterocycles. The van der Waals surface area contributed by atoms with Crippen molar-refractivity contribution in [3.8, 4) is 11.1 Å². The van der Waals surface area contributed by atoms with Crippen molar-refractivity contribution in [2.24, 2.45) is 0 Å². The summed E-state index contributed by atoms with van der Waals surface area (Å²) in [5.41, 5.74) is 6.63. The second-order valence-corrected chi connectivity index (χ2v) is 7.95. The molecule has 0 bridgehead atoms. The predicted octanol–water partition coefficient (Wildman–Crippen LogP) is 4.22. The lowest BCUT2D eigenvalue weighted by molar-refractivity contribution is -0.149. The van der Waals surface area contributed by atoms with Crippen LogP contribution in [0.5, 0.6) is 0 Å². The minimum atomic E-state index is -0.181. The average Bonchev–Trinajstić information content (AvgIpc) is 2.77. The van der Waals surface area contributed by atoms with E-state index in [2.05, 4.69) is 65.3 Å². The van der Waals surface area contributed by atoms with Crippen LogP contribution in [-0.2, 0) is 16.1 Å². The summed E-state index contributed by atoms with van der Waals surface area (Å²) in [5, 5.41) is 0. The first-order valence-corrected chi connectivity index (χ1v) is 10.2. The van der Waals surface area contributed by atoms with E-state index in [4.69, 9.17) is 4.74 Å². The van der Waals surface area contributed by atoms with Gasteiger partial charge in [-0.15, -0.1) is 0 Å². The highest BCUT2D eigenvalue weighted by Crippen LogP contribution is 2.34. The van der Waals surface area contributed by atoms with Gasteiger partial charge >= 0.3 is 0 Å². The summed E-state index contributed by atoms with van der Waals surface area (Å²) < 4.78 is 5.66. The molecule has 2 heterocycles. The molecule has 30 heavy (non-hydrogen) atoms. The maximum absolute atomic E-state index is 12.8. The van der Waals surface area contributed by atoms with Crippen LogP contribution < -0.4 is 4.90 Å². The number of carbonyl (C=O) groups excluding carboxylic acids is 1. The van der Waals surface area contributed by atoms with E-state index in [-0.39, 0.29) is 18.6 Å². The van der Waals surface area contributed by atoms with Gasteiger partial charge in [0.1, 0.15) is 6.61 Å². The number of morpholine rings is 1. The third kappa shape index (κ3) is 4.21. The number of hydrogen-bond acceptors (Lipinski definition) is 4. The molecule has 1 fully saturated rings. The molecular formula is C25H27N3O2. The third-order valence-corrected chi connectivity index (χ3v) is 5.56. The zero-order valence-corrected chi connectivity index (χ0v) is 17.7. The molecule has 0 aliphatic carbocycles. The van der Waals surface area contributed by atoms with Gasteiger partial charge in [0.15, 0.2) is 0 Å². The highest BCUT2D eigenvalue weighted by atomic mass is 16.5. The highest BCUT2D eigenvalue weighted by Gasteiger charge is 2.32. The van der Waals surface area contributed by atoms with E-state index in [1.54, 1.807) is 6.20 Å². The molecule has 1 aliphatic heterocycles. The number of ether oxygens (including phenoxy) is 1. The molecule has 1 amide bonds. The molecule has 5 nitrogen and oxygen atoms in total. The quantitative estimate of drug-likeness (QED) is 0.642. The molecule has 5 heteroatoms. The summed E-state index contributed by atoms with van der Waals surface area (Å²) in [7, 11) is 4.06. The zero-order valence-electron chi connectivity index (χ0n) is 17.7. The molecule has 1 unspecified atom stereocenters. The minimum Gasteiger partial charge on any atom is -0.378 e. The maximum Gasteiger partial charge on any atom is 0.249 e. The SMILES string of the molecule is Cc1ccc(CN2C(=O)COCC2c2cnccc2-c2cccc(N(C)C)c2)cc1. The largest absolute Gasteiger partial charge is 0.378 e. The summed E-state index contributed by atoms with van der Waals surface area (Å²) >= 11 is 0. The van der Waals surface area contributed by atoms with Crippen molar-refractivity contribution in [2.75, 3.05) is 32.2 Å². The summed E-state index contributed by atoms with van der Waals surface area (Å²) in [6, 6.07) is 18.6. The van der Waals surface area contributed by atoms with Crippen LogP contribution in [0.15, 0.2) is 67.0 Å². The Labute approximate surface area is 177 Å². The molecule has 0 radical (unpaired) electrons. The molecular weight excluding hydrogens is 374 g/mol. The first-order chi connectivity index (χ1) is 14.5. The molecule has 0 N–H and O–H groups in total. The lowest BCUT2D eigenvalue weighted by Gasteiger charge is -2.36. The van der Waals surface area contributed by atoms with Crippen molar-refractivity contribution in [3.63, 3.8) is 0 Å². The minimum absolute atomic E-state index is 0.00340. The number of aromatic nitrogens is 1. The van der Waals surface area contributed by atoms with E-state index in [9.17, 15) is 4.79 Å². The molecule has 1 saturated heterocycles. The van der Waals surface area contributed by atoms with Crippen molar-refractivity contribution >= 4 is 11.6 Å². The number of hydrogen-bond donors (Lipinski definition) is 0. The maximum atomic E-state index is 12.8. The van der Waals surface area contributed by atoms with Crippen LogP contribution in [0.3, 0.4) is 0 Å². The van der Waals surface area contributed by atoms with Crippen LogP contribution in [0.25, 0.3) is 11.1 Å². The van der Waals surface area contributed by atoms with Gasteiger partial charge in [-0.1, -0.05) is 42.0 Å². The van der Waals surface area contributed by atoms with Crippen LogP contribution in [0.4, 0.5) is 5.69 Å². The van der Waals surface area contributed by atoms with E-state index < -0.39 is 0 Å². The van der Waals surface area contributed by atoms with Crippen LogP contribution >= 0.6 is 0 Å².